The van der Waals surface area contributed by atoms with Crippen molar-refractivity contribution in [2.45, 2.75) is 19.4 Å². The summed E-state index contributed by atoms with van der Waals surface area (Å²) in [6.07, 6.45) is 7.52. The van der Waals surface area contributed by atoms with Gasteiger partial charge in [0, 0.05) is 17.7 Å². The summed E-state index contributed by atoms with van der Waals surface area (Å²) in [4.78, 5) is 36.2. The number of hydrazone groups is 1. The third kappa shape index (κ3) is 3.47. The van der Waals surface area contributed by atoms with Crippen LogP contribution in [0.2, 0.25) is 0 Å². The predicted molar refractivity (Wildman–Crippen MR) is 116 cm³/mol. The maximum Gasteiger partial charge on any atom is 0.269 e. The number of carbonyl (C=O) groups is 2. The summed E-state index contributed by atoms with van der Waals surface area (Å²) in [6, 6.07) is 13.3. The average Bonchev–Trinajstić information content (AvgIpc) is 3.09. The summed E-state index contributed by atoms with van der Waals surface area (Å²) >= 11 is 0. The Bertz CT molecular complexity index is 1110. The topological polar surface area (TPSA) is 102 Å². The van der Waals surface area contributed by atoms with E-state index < -0.39 is 4.92 Å². The molecule has 2 fully saturated rings. The molecule has 0 radical (unpaired) electrons. The van der Waals surface area contributed by atoms with E-state index in [1.807, 2.05) is 12.1 Å². The number of imide groups is 1. The van der Waals surface area contributed by atoms with Crippen molar-refractivity contribution in [2.75, 3.05) is 0 Å². The van der Waals surface area contributed by atoms with Crippen LogP contribution in [0.1, 0.15) is 24.0 Å². The second-order valence-corrected chi connectivity index (χ2v) is 8.32. The summed E-state index contributed by atoms with van der Waals surface area (Å²) < 4.78 is 5.87. The molecule has 2 bridgehead atoms. The van der Waals surface area contributed by atoms with Crippen molar-refractivity contribution >= 4 is 23.7 Å². The number of fused-ring (bicyclic) bond motifs is 1. The fourth-order valence-corrected chi connectivity index (χ4v) is 4.89. The maximum atomic E-state index is 12.9. The van der Waals surface area contributed by atoms with E-state index in [0.717, 1.165) is 23.4 Å². The first kappa shape index (κ1) is 20.1. The van der Waals surface area contributed by atoms with Crippen molar-refractivity contribution in [3.63, 3.8) is 0 Å². The molecule has 1 saturated heterocycles. The van der Waals surface area contributed by atoms with Crippen LogP contribution < -0.4 is 4.74 Å². The summed E-state index contributed by atoms with van der Waals surface area (Å²) in [6.45, 7) is 0.212. The van der Waals surface area contributed by atoms with Gasteiger partial charge in [-0.15, -0.1) is 0 Å². The van der Waals surface area contributed by atoms with Crippen LogP contribution in [0.5, 0.6) is 5.75 Å². The van der Waals surface area contributed by atoms with Crippen LogP contribution in [0.15, 0.2) is 65.8 Å². The van der Waals surface area contributed by atoms with Crippen molar-refractivity contribution in [2.24, 2.45) is 28.8 Å². The van der Waals surface area contributed by atoms with Crippen molar-refractivity contribution in [1.29, 1.82) is 0 Å². The average molecular weight is 431 g/mol. The molecule has 2 aromatic rings. The molecule has 4 aliphatic rings. The summed E-state index contributed by atoms with van der Waals surface area (Å²) in [5, 5.41) is 16.1. The fourth-order valence-electron chi connectivity index (χ4n) is 4.89. The lowest BCUT2D eigenvalue weighted by Gasteiger charge is -2.37. The van der Waals surface area contributed by atoms with Gasteiger partial charge >= 0.3 is 0 Å². The first-order chi connectivity index (χ1) is 15.5. The van der Waals surface area contributed by atoms with Gasteiger partial charge in [0.1, 0.15) is 12.4 Å². The van der Waals surface area contributed by atoms with Crippen LogP contribution >= 0.6 is 0 Å². The van der Waals surface area contributed by atoms with Gasteiger partial charge in [-0.1, -0.05) is 24.3 Å². The zero-order chi connectivity index (χ0) is 22.2. The van der Waals surface area contributed by atoms with Gasteiger partial charge in [0.15, 0.2) is 0 Å². The number of amides is 2. The molecule has 1 aliphatic heterocycles. The van der Waals surface area contributed by atoms with Gasteiger partial charge in [-0.05, 0) is 54.5 Å². The predicted octanol–water partition coefficient (Wildman–Crippen LogP) is 3.70. The van der Waals surface area contributed by atoms with E-state index >= 15 is 0 Å². The lowest BCUT2D eigenvalue weighted by Crippen LogP contribution is -2.38. The molecule has 1 saturated carbocycles. The van der Waals surface area contributed by atoms with Crippen LogP contribution in [0.3, 0.4) is 0 Å². The number of ether oxygens (including phenoxy) is 1. The van der Waals surface area contributed by atoms with E-state index in [4.69, 9.17) is 4.74 Å². The van der Waals surface area contributed by atoms with Gasteiger partial charge in [0.2, 0.25) is 0 Å². The third-order valence-electron chi connectivity index (χ3n) is 6.51. The summed E-state index contributed by atoms with van der Waals surface area (Å²) in [5.74, 6) is -0.251. The Labute approximate surface area is 184 Å². The number of carbonyl (C=O) groups excluding carboxylic acids is 2. The molecule has 162 valence electrons. The molecule has 0 spiro atoms. The molecule has 3 aliphatic carbocycles. The first-order valence-corrected chi connectivity index (χ1v) is 10.6. The zero-order valence-electron chi connectivity index (χ0n) is 17.2. The molecule has 2 amide bonds. The highest BCUT2D eigenvalue weighted by Crippen LogP contribution is 2.49. The van der Waals surface area contributed by atoms with E-state index in [-0.39, 0.29) is 47.8 Å². The van der Waals surface area contributed by atoms with Crippen LogP contribution in [-0.4, -0.2) is 28.0 Å². The quantitative estimate of drug-likeness (QED) is 0.228. The van der Waals surface area contributed by atoms with Gasteiger partial charge in [-0.25, -0.2) is 0 Å². The Hall–Kier alpha value is -3.81. The minimum atomic E-state index is -0.449. The molecular formula is C24H21N3O5. The van der Waals surface area contributed by atoms with Crippen molar-refractivity contribution in [1.82, 2.24) is 5.01 Å². The number of rotatable bonds is 6. The van der Waals surface area contributed by atoms with Gasteiger partial charge in [-0.2, -0.15) is 10.1 Å². The van der Waals surface area contributed by atoms with Gasteiger partial charge in [-0.3, -0.25) is 19.7 Å². The lowest BCUT2D eigenvalue weighted by molar-refractivity contribution is -0.384. The second-order valence-electron chi connectivity index (χ2n) is 8.32. The largest absolute Gasteiger partial charge is 0.488 e. The molecule has 0 aromatic heterocycles. The van der Waals surface area contributed by atoms with E-state index in [1.165, 1.54) is 18.3 Å². The number of hydrogen-bond acceptors (Lipinski definition) is 6. The molecule has 6 rings (SSSR count). The molecule has 0 N–H and O–H groups in total. The Balaban J connectivity index is 1.31. The van der Waals surface area contributed by atoms with E-state index in [9.17, 15) is 19.7 Å². The van der Waals surface area contributed by atoms with E-state index in [2.05, 4.69) is 17.3 Å². The van der Waals surface area contributed by atoms with Crippen LogP contribution in [0.25, 0.3) is 0 Å². The minimum absolute atomic E-state index is 0.0189. The highest BCUT2D eigenvalue weighted by Gasteiger charge is 2.56. The molecular weight excluding hydrogens is 410 g/mol. The Morgan fingerprint density at radius 3 is 2.22 bits per heavy atom. The second kappa shape index (κ2) is 8.03. The Morgan fingerprint density at radius 1 is 1.00 bits per heavy atom. The number of nitrogens with zero attached hydrogens (tertiary/aromatic N) is 3. The minimum Gasteiger partial charge on any atom is -0.488 e. The van der Waals surface area contributed by atoms with Crippen molar-refractivity contribution in [3.8, 4) is 5.75 Å². The smallest absolute Gasteiger partial charge is 0.269 e. The van der Waals surface area contributed by atoms with E-state index in [1.54, 1.807) is 24.3 Å². The van der Waals surface area contributed by atoms with Crippen LogP contribution in [-0.2, 0) is 16.2 Å². The number of nitro groups is 1. The molecule has 32 heavy (non-hydrogen) atoms. The number of para-hydroxylation sites is 1. The van der Waals surface area contributed by atoms with Gasteiger partial charge in [0.05, 0.1) is 23.0 Å². The molecule has 2 aromatic carbocycles. The van der Waals surface area contributed by atoms with Crippen LogP contribution in [0.4, 0.5) is 5.69 Å². The first-order valence-electron chi connectivity index (χ1n) is 10.6. The maximum absolute atomic E-state index is 12.9. The Morgan fingerprint density at radius 2 is 1.62 bits per heavy atom. The number of allylic oxidation sites excluding steroid dienone is 2. The SMILES string of the molecule is O=C1[C@@H]2[C@H](C(=O)N1/N=C\c1ccccc1OCc1ccc([N+](=O)[O-])cc1)[C@H]1C=C[C@H]2CC1. The number of nitro benzene ring substituents is 1. The summed E-state index contributed by atoms with van der Waals surface area (Å²) in [7, 11) is 0. The normalized spacial score (nSPS) is 26.1. The van der Waals surface area contributed by atoms with Gasteiger partial charge in [0.25, 0.3) is 17.5 Å². The lowest BCUT2D eigenvalue weighted by atomic mass is 9.63. The molecule has 8 nitrogen and oxygen atoms in total. The highest BCUT2D eigenvalue weighted by atomic mass is 16.6. The van der Waals surface area contributed by atoms with Crippen molar-refractivity contribution < 1.29 is 19.2 Å². The molecule has 0 unspecified atom stereocenters. The molecule has 4 atom stereocenters. The summed E-state index contributed by atoms with van der Waals surface area (Å²) in [5.41, 5.74) is 1.43. The van der Waals surface area contributed by atoms with Gasteiger partial charge < -0.3 is 4.74 Å². The van der Waals surface area contributed by atoms with Crippen LogP contribution in [0, 0.1) is 33.8 Å². The molecule has 1 heterocycles. The van der Waals surface area contributed by atoms with Crippen molar-refractivity contribution in [3.05, 3.63) is 81.9 Å². The number of non-ortho nitro benzene ring substituents is 1. The Kier molecular flexibility index (Phi) is 5.05. The monoisotopic (exact) mass is 431 g/mol. The number of hydrogen-bond donors (Lipinski definition) is 0. The van der Waals surface area contributed by atoms with E-state index in [0.29, 0.717) is 11.3 Å². The third-order valence-corrected chi connectivity index (χ3v) is 6.51. The highest BCUT2D eigenvalue weighted by molar-refractivity contribution is 6.06. The standard InChI is InChI=1S/C24H21N3O5/c28-23-21-16-7-8-17(10-9-16)22(21)24(29)26(23)25-13-18-3-1-2-4-20(18)32-14-15-5-11-19(12-6-15)27(30)31/h1-8,11-13,16-17,21-22H,9-10,14H2/b25-13-/t16-,17-,21-,22+/m0/s1. The fraction of sp³-hybridized carbons (Fsp3) is 0.292. The zero-order valence-corrected chi connectivity index (χ0v) is 17.2. The number of benzene rings is 2. The molecule has 8 heteroatoms.